The molecular weight excluding hydrogens is 260 g/mol. The van der Waals surface area contributed by atoms with Crippen LogP contribution in [0.2, 0.25) is 0 Å². The van der Waals surface area contributed by atoms with Crippen molar-refractivity contribution in [3.63, 3.8) is 0 Å². The highest BCUT2D eigenvalue weighted by Crippen LogP contribution is 2.17. The Labute approximate surface area is 119 Å². The van der Waals surface area contributed by atoms with Crippen LogP contribution in [-0.4, -0.2) is 36.4 Å². The van der Waals surface area contributed by atoms with E-state index in [2.05, 4.69) is 5.32 Å². The quantitative estimate of drug-likeness (QED) is 0.706. The number of hydrogen-bond donors (Lipinski definition) is 2. The zero-order valence-electron chi connectivity index (χ0n) is 12.3. The second-order valence-electron chi connectivity index (χ2n) is 5.59. The van der Waals surface area contributed by atoms with Gasteiger partial charge in [0.25, 0.3) is 0 Å². The molecule has 3 N–H and O–H groups in total. The molecule has 1 rings (SSSR count). The van der Waals surface area contributed by atoms with Crippen molar-refractivity contribution in [2.45, 2.75) is 52.2 Å². The van der Waals surface area contributed by atoms with Crippen LogP contribution in [0.15, 0.2) is 0 Å². The van der Waals surface area contributed by atoms with Gasteiger partial charge >= 0.3 is 0 Å². The Morgan fingerprint density at radius 2 is 2.10 bits per heavy atom. The lowest BCUT2D eigenvalue weighted by Gasteiger charge is -2.17. The molecule has 0 spiro atoms. The Hall–Kier alpha value is -1.43. The number of rotatable bonds is 7. The van der Waals surface area contributed by atoms with Gasteiger partial charge in [-0.25, -0.2) is 0 Å². The first kappa shape index (κ1) is 16.6. The van der Waals surface area contributed by atoms with Crippen molar-refractivity contribution in [3.8, 4) is 0 Å². The van der Waals surface area contributed by atoms with Gasteiger partial charge in [0.1, 0.15) is 12.6 Å². The van der Waals surface area contributed by atoms with Crippen LogP contribution in [0.1, 0.15) is 40.0 Å². The fraction of sp³-hybridized carbons (Fsp3) is 0.786. The third-order valence-electron chi connectivity index (χ3n) is 3.99. The summed E-state index contributed by atoms with van der Waals surface area (Å²) in [6.45, 7) is 5.58. The van der Waals surface area contributed by atoms with Gasteiger partial charge in [0.2, 0.25) is 11.8 Å². The second kappa shape index (κ2) is 7.38. The van der Waals surface area contributed by atoms with Crippen LogP contribution in [0.3, 0.4) is 0 Å². The summed E-state index contributed by atoms with van der Waals surface area (Å²) in [7, 11) is 0. The SMILES string of the molecule is CC(CCCC(=O)N[C@@H]1C(=O)CO[C@H]1C)C(C)C(N)=O. The van der Waals surface area contributed by atoms with Gasteiger partial charge in [-0.1, -0.05) is 13.8 Å². The lowest BCUT2D eigenvalue weighted by Crippen LogP contribution is -2.43. The number of amides is 2. The van der Waals surface area contributed by atoms with Crippen molar-refractivity contribution >= 4 is 17.6 Å². The van der Waals surface area contributed by atoms with Crippen LogP contribution in [0.4, 0.5) is 0 Å². The number of hydrogen-bond acceptors (Lipinski definition) is 4. The molecule has 2 amide bonds. The van der Waals surface area contributed by atoms with E-state index < -0.39 is 6.04 Å². The van der Waals surface area contributed by atoms with E-state index in [0.717, 1.165) is 6.42 Å². The van der Waals surface area contributed by atoms with E-state index in [0.29, 0.717) is 12.8 Å². The highest BCUT2D eigenvalue weighted by atomic mass is 16.5. The lowest BCUT2D eigenvalue weighted by molar-refractivity contribution is -0.126. The zero-order valence-corrected chi connectivity index (χ0v) is 12.3. The van der Waals surface area contributed by atoms with Crippen molar-refractivity contribution in [2.24, 2.45) is 17.6 Å². The number of nitrogens with two attached hydrogens (primary N) is 1. The minimum absolute atomic E-state index is 0.0687. The van der Waals surface area contributed by atoms with E-state index in [9.17, 15) is 14.4 Å². The zero-order chi connectivity index (χ0) is 15.3. The normalized spacial score (nSPS) is 25.2. The summed E-state index contributed by atoms with van der Waals surface area (Å²) in [6.07, 6.45) is 1.50. The van der Waals surface area contributed by atoms with Crippen LogP contribution in [0.5, 0.6) is 0 Å². The van der Waals surface area contributed by atoms with Gasteiger partial charge in [-0.05, 0) is 25.7 Å². The molecule has 0 aromatic heterocycles. The molecule has 1 heterocycles. The average Bonchev–Trinajstić information content (AvgIpc) is 2.69. The molecule has 0 saturated carbocycles. The van der Waals surface area contributed by atoms with E-state index >= 15 is 0 Å². The summed E-state index contributed by atoms with van der Waals surface area (Å²) in [5, 5.41) is 2.70. The summed E-state index contributed by atoms with van der Waals surface area (Å²) in [5.41, 5.74) is 5.24. The number of carbonyl (C=O) groups excluding carboxylic acids is 3. The lowest BCUT2D eigenvalue weighted by atomic mass is 9.90. The van der Waals surface area contributed by atoms with Crippen molar-refractivity contribution in [3.05, 3.63) is 0 Å². The summed E-state index contributed by atoms with van der Waals surface area (Å²) < 4.78 is 5.16. The molecule has 20 heavy (non-hydrogen) atoms. The van der Waals surface area contributed by atoms with Gasteiger partial charge in [0.15, 0.2) is 5.78 Å². The topological polar surface area (TPSA) is 98.5 Å². The van der Waals surface area contributed by atoms with E-state index in [1.54, 1.807) is 13.8 Å². The van der Waals surface area contributed by atoms with Gasteiger partial charge in [0, 0.05) is 12.3 Å². The summed E-state index contributed by atoms with van der Waals surface area (Å²) in [5.74, 6) is -0.593. The average molecular weight is 284 g/mol. The summed E-state index contributed by atoms with van der Waals surface area (Å²) in [4.78, 5) is 34.3. The van der Waals surface area contributed by atoms with E-state index in [4.69, 9.17) is 10.5 Å². The predicted molar refractivity (Wildman–Crippen MR) is 73.7 cm³/mol. The van der Waals surface area contributed by atoms with Gasteiger partial charge < -0.3 is 15.8 Å². The van der Waals surface area contributed by atoms with Crippen molar-refractivity contribution in [1.82, 2.24) is 5.32 Å². The number of nitrogens with one attached hydrogen (secondary N) is 1. The number of ether oxygens (including phenoxy) is 1. The van der Waals surface area contributed by atoms with Gasteiger partial charge in [-0.15, -0.1) is 0 Å². The summed E-state index contributed by atoms with van der Waals surface area (Å²) >= 11 is 0. The van der Waals surface area contributed by atoms with Crippen molar-refractivity contribution < 1.29 is 19.1 Å². The van der Waals surface area contributed by atoms with E-state index in [1.807, 2.05) is 6.92 Å². The molecule has 0 aromatic rings. The maximum atomic E-state index is 11.8. The van der Waals surface area contributed by atoms with Crippen molar-refractivity contribution in [1.29, 1.82) is 0 Å². The van der Waals surface area contributed by atoms with Crippen LogP contribution in [0, 0.1) is 11.8 Å². The van der Waals surface area contributed by atoms with Crippen LogP contribution >= 0.6 is 0 Å². The molecule has 6 nitrogen and oxygen atoms in total. The molecule has 0 aliphatic carbocycles. The van der Waals surface area contributed by atoms with Crippen LogP contribution in [0.25, 0.3) is 0 Å². The Morgan fingerprint density at radius 3 is 2.60 bits per heavy atom. The maximum Gasteiger partial charge on any atom is 0.220 e. The van der Waals surface area contributed by atoms with Gasteiger partial charge in [-0.2, -0.15) is 0 Å². The molecule has 0 radical (unpaired) electrons. The Morgan fingerprint density at radius 1 is 1.45 bits per heavy atom. The number of Topliss-reactive ketones (excluding diaryl/α,β-unsaturated/α-hetero) is 1. The molecule has 6 heteroatoms. The standard InChI is InChI=1S/C14H24N2O4/c1-8(9(2)14(15)19)5-4-6-12(18)16-13-10(3)20-7-11(13)17/h8-10,13H,4-7H2,1-3H3,(H2,15,19)(H,16,18)/t8?,9?,10-,13-/m0/s1. The molecular formula is C14H24N2O4. The number of carbonyl (C=O) groups is 3. The molecule has 114 valence electrons. The molecule has 1 fully saturated rings. The first-order valence-corrected chi connectivity index (χ1v) is 7.06. The fourth-order valence-corrected chi connectivity index (χ4v) is 2.22. The molecule has 1 aliphatic rings. The monoisotopic (exact) mass is 284 g/mol. The first-order chi connectivity index (χ1) is 9.32. The minimum atomic E-state index is -0.524. The van der Waals surface area contributed by atoms with Gasteiger partial charge in [-0.3, -0.25) is 14.4 Å². The Kier molecular flexibility index (Phi) is 6.13. The predicted octanol–water partition coefficient (Wildman–Crippen LogP) is 0.387. The molecule has 1 aliphatic heterocycles. The maximum absolute atomic E-state index is 11.8. The smallest absolute Gasteiger partial charge is 0.220 e. The third-order valence-corrected chi connectivity index (χ3v) is 3.99. The molecule has 2 unspecified atom stereocenters. The third kappa shape index (κ3) is 4.59. The summed E-state index contributed by atoms with van der Waals surface area (Å²) in [6, 6.07) is -0.524. The molecule has 0 aromatic carbocycles. The molecule has 0 bridgehead atoms. The van der Waals surface area contributed by atoms with Gasteiger partial charge in [0.05, 0.1) is 6.10 Å². The number of primary amides is 1. The van der Waals surface area contributed by atoms with Crippen LogP contribution < -0.4 is 11.1 Å². The highest BCUT2D eigenvalue weighted by Gasteiger charge is 2.33. The minimum Gasteiger partial charge on any atom is -0.369 e. The second-order valence-corrected chi connectivity index (χ2v) is 5.59. The highest BCUT2D eigenvalue weighted by molar-refractivity contribution is 5.91. The van der Waals surface area contributed by atoms with Crippen LogP contribution in [-0.2, 0) is 19.1 Å². The largest absolute Gasteiger partial charge is 0.369 e. The Balaban J connectivity index is 2.27. The van der Waals surface area contributed by atoms with Crippen molar-refractivity contribution in [2.75, 3.05) is 6.61 Å². The Bertz CT molecular complexity index is 383. The van der Waals surface area contributed by atoms with E-state index in [1.165, 1.54) is 0 Å². The fourth-order valence-electron chi connectivity index (χ4n) is 2.22. The van der Waals surface area contributed by atoms with E-state index in [-0.39, 0.29) is 42.1 Å². The first-order valence-electron chi connectivity index (χ1n) is 7.06. The molecule has 1 saturated heterocycles. The molecule has 4 atom stereocenters. The number of ketones is 1.